The van der Waals surface area contributed by atoms with Crippen molar-refractivity contribution in [3.63, 3.8) is 0 Å². The predicted molar refractivity (Wildman–Crippen MR) is 81.6 cm³/mol. The molecule has 0 saturated heterocycles. The van der Waals surface area contributed by atoms with E-state index in [4.69, 9.17) is 4.74 Å². The van der Waals surface area contributed by atoms with Crippen molar-refractivity contribution in [3.05, 3.63) is 29.8 Å². The number of urea groups is 1. The molecule has 0 aliphatic heterocycles. The Hall–Kier alpha value is -2.42. The molecule has 0 aromatic heterocycles. The van der Waals surface area contributed by atoms with Crippen molar-refractivity contribution in [2.75, 3.05) is 12.8 Å². The molecule has 0 saturated carbocycles. The van der Waals surface area contributed by atoms with Crippen molar-refractivity contribution in [3.8, 4) is 0 Å². The highest BCUT2D eigenvalue weighted by molar-refractivity contribution is 7.90. The summed E-state index contributed by atoms with van der Waals surface area (Å²) in [4.78, 5) is 34.8. The van der Waals surface area contributed by atoms with Crippen LogP contribution in [0.1, 0.15) is 24.2 Å². The second-order valence-electron chi connectivity index (χ2n) is 4.70. The van der Waals surface area contributed by atoms with Crippen LogP contribution in [0.3, 0.4) is 0 Å². The minimum absolute atomic E-state index is 0.00872. The van der Waals surface area contributed by atoms with E-state index >= 15 is 0 Å². The summed E-state index contributed by atoms with van der Waals surface area (Å²) in [7, 11) is -3.47. The Morgan fingerprint density at radius 3 is 2.48 bits per heavy atom. The highest BCUT2D eigenvalue weighted by atomic mass is 32.2. The summed E-state index contributed by atoms with van der Waals surface area (Å²) in [6.07, 6.45) is -0.202. The zero-order valence-corrected chi connectivity index (χ0v) is 13.8. The Bertz CT molecular complexity index is 714. The minimum atomic E-state index is -3.47. The molecule has 0 unspecified atom stereocenters. The summed E-state index contributed by atoms with van der Waals surface area (Å²) in [6, 6.07) is 4.57. The maximum Gasteiger partial charge on any atom is 0.338 e. The van der Waals surface area contributed by atoms with Crippen LogP contribution >= 0.6 is 0 Å². The van der Waals surface area contributed by atoms with E-state index in [9.17, 15) is 22.8 Å². The van der Waals surface area contributed by atoms with Crippen LogP contribution in [0.5, 0.6) is 0 Å². The van der Waals surface area contributed by atoms with E-state index in [-0.39, 0.29) is 10.5 Å². The standard InChI is InChI=1S/C14H18N2O6S/c1-4-15-14(19)16-12(17)9(2)22-13(18)10-6-5-7-11(8-10)23(3,20)21/h5-9H,4H2,1-3H3,(H2,15,16,17,19)/t9-/m1/s1. The van der Waals surface area contributed by atoms with Crippen LogP contribution in [0.15, 0.2) is 29.2 Å². The molecule has 23 heavy (non-hydrogen) atoms. The second-order valence-corrected chi connectivity index (χ2v) is 6.71. The molecular formula is C14H18N2O6S. The molecule has 0 fully saturated rings. The van der Waals surface area contributed by atoms with E-state index in [1.807, 2.05) is 5.32 Å². The van der Waals surface area contributed by atoms with Crippen molar-refractivity contribution < 1.29 is 27.5 Å². The number of carbonyl (C=O) groups excluding carboxylic acids is 3. The number of rotatable bonds is 5. The van der Waals surface area contributed by atoms with Gasteiger partial charge in [0.05, 0.1) is 10.5 Å². The van der Waals surface area contributed by atoms with Crippen LogP contribution in [0.4, 0.5) is 4.79 Å². The van der Waals surface area contributed by atoms with Crippen molar-refractivity contribution in [2.45, 2.75) is 24.8 Å². The summed E-state index contributed by atoms with van der Waals surface area (Å²) < 4.78 is 27.8. The van der Waals surface area contributed by atoms with Crippen LogP contribution in [-0.4, -0.2) is 45.2 Å². The Balaban J connectivity index is 2.76. The van der Waals surface area contributed by atoms with Gasteiger partial charge in [0, 0.05) is 12.8 Å². The van der Waals surface area contributed by atoms with Crippen LogP contribution in [-0.2, 0) is 19.4 Å². The average Bonchev–Trinajstić information content (AvgIpc) is 2.46. The molecule has 2 N–H and O–H groups in total. The highest BCUT2D eigenvalue weighted by Gasteiger charge is 2.21. The number of carbonyl (C=O) groups is 3. The first-order chi connectivity index (χ1) is 10.6. The number of sulfone groups is 1. The third kappa shape index (κ3) is 5.70. The van der Waals surface area contributed by atoms with Gasteiger partial charge in [-0.1, -0.05) is 6.07 Å². The van der Waals surface area contributed by atoms with E-state index in [0.717, 1.165) is 12.3 Å². The van der Waals surface area contributed by atoms with Gasteiger partial charge in [0.15, 0.2) is 15.9 Å². The zero-order valence-electron chi connectivity index (χ0n) is 13.0. The summed E-state index contributed by atoms with van der Waals surface area (Å²) in [6.45, 7) is 3.32. The molecule has 9 heteroatoms. The van der Waals surface area contributed by atoms with Gasteiger partial charge in [-0.3, -0.25) is 10.1 Å². The summed E-state index contributed by atoms with van der Waals surface area (Å²) in [5, 5.41) is 4.37. The number of esters is 1. The number of imide groups is 1. The Morgan fingerprint density at radius 2 is 1.91 bits per heavy atom. The Kier molecular flexibility index (Phi) is 6.26. The lowest BCUT2D eigenvalue weighted by Crippen LogP contribution is -2.44. The number of nitrogens with one attached hydrogen (secondary N) is 2. The van der Waals surface area contributed by atoms with Gasteiger partial charge in [-0.15, -0.1) is 0 Å². The predicted octanol–water partition coefficient (Wildman–Crippen LogP) is 0.481. The number of hydrogen-bond acceptors (Lipinski definition) is 6. The molecule has 1 rings (SSSR count). The molecule has 8 nitrogen and oxygen atoms in total. The molecule has 0 bridgehead atoms. The molecule has 126 valence electrons. The first-order valence-electron chi connectivity index (χ1n) is 6.75. The quantitative estimate of drug-likeness (QED) is 0.751. The largest absolute Gasteiger partial charge is 0.449 e. The highest BCUT2D eigenvalue weighted by Crippen LogP contribution is 2.13. The molecule has 0 aliphatic rings. The van der Waals surface area contributed by atoms with Crippen LogP contribution in [0, 0.1) is 0 Å². The maximum atomic E-state index is 12.0. The third-order valence-electron chi connectivity index (χ3n) is 2.72. The molecule has 0 aliphatic carbocycles. The van der Waals surface area contributed by atoms with Crippen molar-refractivity contribution in [1.82, 2.24) is 10.6 Å². The normalized spacial score (nSPS) is 12.1. The second kappa shape index (κ2) is 7.73. The number of benzene rings is 1. The molecule has 1 atom stereocenters. The van der Waals surface area contributed by atoms with Crippen molar-refractivity contribution >= 4 is 27.7 Å². The van der Waals surface area contributed by atoms with Crippen LogP contribution in [0.25, 0.3) is 0 Å². The van der Waals surface area contributed by atoms with Crippen LogP contribution < -0.4 is 10.6 Å². The molecular weight excluding hydrogens is 324 g/mol. The van der Waals surface area contributed by atoms with E-state index in [2.05, 4.69) is 5.32 Å². The van der Waals surface area contributed by atoms with E-state index in [0.29, 0.717) is 6.54 Å². The summed E-state index contributed by atoms with van der Waals surface area (Å²) in [5.74, 6) is -1.65. The monoisotopic (exact) mass is 342 g/mol. The fourth-order valence-electron chi connectivity index (χ4n) is 1.55. The maximum absolute atomic E-state index is 12.0. The first-order valence-corrected chi connectivity index (χ1v) is 8.64. The van der Waals surface area contributed by atoms with Gasteiger partial charge in [-0.05, 0) is 32.0 Å². The van der Waals surface area contributed by atoms with Gasteiger partial charge in [-0.2, -0.15) is 0 Å². The van der Waals surface area contributed by atoms with Gasteiger partial charge in [0.25, 0.3) is 5.91 Å². The van der Waals surface area contributed by atoms with E-state index in [1.54, 1.807) is 6.92 Å². The molecule has 0 radical (unpaired) electrons. The molecule has 1 aromatic carbocycles. The van der Waals surface area contributed by atoms with Gasteiger partial charge in [-0.25, -0.2) is 18.0 Å². The Labute approximate surface area is 134 Å². The topological polar surface area (TPSA) is 119 Å². The molecule has 3 amide bonds. The number of hydrogen-bond donors (Lipinski definition) is 2. The lowest BCUT2D eigenvalue weighted by molar-refractivity contribution is -0.127. The van der Waals surface area contributed by atoms with Crippen LogP contribution in [0.2, 0.25) is 0 Å². The molecule has 1 aromatic rings. The Morgan fingerprint density at radius 1 is 1.26 bits per heavy atom. The van der Waals surface area contributed by atoms with E-state index < -0.39 is 33.8 Å². The lowest BCUT2D eigenvalue weighted by atomic mass is 10.2. The van der Waals surface area contributed by atoms with Gasteiger partial charge in [0.2, 0.25) is 0 Å². The van der Waals surface area contributed by atoms with Gasteiger partial charge in [0.1, 0.15) is 0 Å². The molecule has 0 spiro atoms. The van der Waals surface area contributed by atoms with Crippen molar-refractivity contribution in [2.24, 2.45) is 0 Å². The average molecular weight is 342 g/mol. The first kappa shape index (κ1) is 18.6. The smallest absolute Gasteiger partial charge is 0.338 e. The summed E-state index contributed by atoms with van der Waals surface area (Å²) >= 11 is 0. The SMILES string of the molecule is CCNC(=O)NC(=O)[C@@H](C)OC(=O)c1cccc(S(C)(=O)=O)c1. The number of amides is 3. The minimum Gasteiger partial charge on any atom is -0.449 e. The van der Waals surface area contributed by atoms with E-state index in [1.165, 1.54) is 25.1 Å². The van der Waals surface area contributed by atoms with Gasteiger partial charge < -0.3 is 10.1 Å². The fraction of sp³-hybridized carbons (Fsp3) is 0.357. The fourth-order valence-corrected chi connectivity index (χ4v) is 2.22. The summed E-state index contributed by atoms with van der Waals surface area (Å²) in [5.41, 5.74) is -0.00872. The lowest BCUT2D eigenvalue weighted by Gasteiger charge is -2.13. The molecule has 0 heterocycles. The number of ether oxygens (including phenoxy) is 1. The zero-order chi connectivity index (χ0) is 17.6. The van der Waals surface area contributed by atoms with Crippen molar-refractivity contribution in [1.29, 1.82) is 0 Å². The van der Waals surface area contributed by atoms with Gasteiger partial charge >= 0.3 is 12.0 Å². The third-order valence-corrected chi connectivity index (χ3v) is 3.84.